The van der Waals surface area contributed by atoms with Crippen molar-refractivity contribution in [3.05, 3.63) is 121 Å². The van der Waals surface area contributed by atoms with Crippen LogP contribution in [-0.2, 0) is 33.2 Å². The fraction of sp³-hybridized carbons (Fsp3) is 0.278. The van der Waals surface area contributed by atoms with Crippen LogP contribution < -0.4 is 21.2 Å². The van der Waals surface area contributed by atoms with E-state index < -0.39 is 59.2 Å². The Morgan fingerprint density at radius 2 is 0.894 bits per heavy atom. The van der Waals surface area contributed by atoms with Gasteiger partial charge in [0.2, 0.25) is 0 Å². The molecule has 2 N–H and O–H groups in total. The van der Waals surface area contributed by atoms with Crippen molar-refractivity contribution in [2.45, 2.75) is 24.5 Å². The van der Waals surface area contributed by atoms with Crippen molar-refractivity contribution in [2.24, 2.45) is 11.8 Å². The Morgan fingerprint density at radius 1 is 0.574 bits per heavy atom. The van der Waals surface area contributed by atoms with E-state index in [1.54, 1.807) is 0 Å². The molecule has 0 bridgehead atoms. The molecule has 4 aromatic rings. The number of carbonyl (C=O) groups is 2. The minimum atomic E-state index is -4.64. The summed E-state index contributed by atoms with van der Waals surface area (Å²) in [5.74, 6) is -3.38. The second kappa shape index (κ2) is 14.9. The molecule has 47 heavy (non-hydrogen) atoms. The molecule has 0 aromatic heterocycles. The van der Waals surface area contributed by atoms with Crippen molar-refractivity contribution >= 4 is 50.1 Å². The zero-order valence-corrected chi connectivity index (χ0v) is 27.5. The third kappa shape index (κ3) is 6.62. The van der Waals surface area contributed by atoms with Crippen LogP contribution in [0, 0.1) is 11.8 Å². The summed E-state index contributed by atoms with van der Waals surface area (Å²) in [6.07, 6.45) is -0.315. The quantitative estimate of drug-likeness (QED) is 0.162. The Morgan fingerprint density at radius 3 is 1.19 bits per heavy atom. The Kier molecular flexibility index (Phi) is 10.9. The summed E-state index contributed by atoms with van der Waals surface area (Å²) < 4.78 is 47.6. The van der Waals surface area contributed by atoms with Crippen LogP contribution in [0.15, 0.2) is 121 Å². The van der Waals surface area contributed by atoms with Crippen LogP contribution >= 0.6 is 6.83 Å². The molecule has 1 aliphatic rings. The molecule has 248 valence electrons. The Hall–Kier alpha value is -3.92. The normalized spacial score (nSPS) is 19.2. The predicted octanol–water partition coefficient (Wildman–Crippen LogP) is 2.96. The van der Waals surface area contributed by atoms with Gasteiger partial charge in [-0.1, -0.05) is 0 Å². The van der Waals surface area contributed by atoms with Crippen molar-refractivity contribution in [2.75, 3.05) is 26.4 Å². The van der Waals surface area contributed by atoms with Crippen molar-refractivity contribution in [3.63, 3.8) is 0 Å². The number of hydrogen-bond donors (Lipinski definition) is 2. The van der Waals surface area contributed by atoms with Crippen LogP contribution in [0.1, 0.15) is 19.3 Å². The van der Waals surface area contributed by atoms with E-state index in [9.17, 15) is 19.8 Å². The van der Waals surface area contributed by atoms with Gasteiger partial charge in [-0.3, -0.25) is 0 Å². The molecule has 9 nitrogen and oxygen atoms in total. The van der Waals surface area contributed by atoms with E-state index >= 15 is 8.42 Å². The van der Waals surface area contributed by atoms with Crippen molar-refractivity contribution in [1.82, 2.24) is 0 Å². The molecule has 0 amide bonds. The van der Waals surface area contributed by atoms with E-state index in [-0.39, 0.29) is 32.5 Å². The number of aliphatic hydroxyl groups is 2. The van der Waals surface area contributed by atoms with Crippen LogP contribution in [-0.4, -0.2) is 62.2 Å². The van der Waals surface area contributed by atoms with E-state index in [1.807, 2.05) is 121 Å². The van der Waals surface area contributed by atoms with E-state index in [0.717, 1.165) is 0 Å². The van der Waals surface area contributed by atoms with Gasteiger partial charge in [0, 0.05) is 0 Å². The molecule has 2 atom stereocenters. The number of rotatable bonds is 13. The maximum absolute atomic E-state index is 15.1. The first kappa shape index (κ1) is 34.4. The number of carbonyl (C=O) groups excluding carboxylic acids is 2. The summed E-state index contributed by atoms with van der Waals surface area (Å²) in [6.45, 7) is -5.96. The topological polar surface area (TPSA) is 136 Å². The molecule has 1 saturated carbocycles. The van der Waals surface area contributed by atoms with E-state index in [1.165, 1.54) is 0 Å². The Labute approximate surface area is 275 Å². The average molecular weight is 679 g/mol. The fourth-order valence-electron chi connectivity index (χ4n) is 6.60. The van der Waals surface area contributed by atoms with Gasteiger partial charge >= 0.3 is 276 Å². The molecule has 1 fully saturated rings. The molecule has 4 aromatic carbocycles. The van der Waals surface area contributed by atoms with Gasteiger partial charge in [-0.15, -0.1) is 0 Å². The van der Waals surface area contributed by atoms with Crippen molar-refractivity contribution < 1.29 is 41.7 Å². The average Bonchev–Trinajstić information content (AvgIpc) is 3.13. The van der Waals surface area contributed by atoms with Crippen LogP contribution in [0.2, 0.25) is 0 Å². The Bertz CT molecular complexity index is 1540. The van der Waals surface area contributed by atoms with Crippen LogP contribution in [0.25, 0.3) is 0 Å². The van der Waals surface area contributed by atoms with Gasteiger partial charge in [0.25, 0.3) is 0 Å². The summed E-state index contributed by atoms with van der Waals surface area (Å²) in [5.41, 5.74) is 0. The van der Waals surface area contributed by atoms with E-state index in [2.05, 4.69) is 0 Å². The zero-order chi connectivity index (χ0) is 33.4. The van der Waals surface area contributed by atoms with Gasteiger partial charge < -0.3 is 0 Å². The van der Waals surface area contributed by atoms with Crippen LogP contribution in [0.4, 0.5) is 0 Å². The van der Waals surface area contributed by atoms with Gasteiger partial charge in [0.1, 0.15) is 0 Å². The molecule has 1 aliphatic carbocycles. The second-order valence-electron chi connectivity index (χ2n) is 11.5. The third-order valence-electron chi connectivity index (χ3n) is 8.66. The second-order valence-corrected chi connectivity index (χ2v) is 17.8. The summed E-state index contributed by atoms with van der Waals surface area (Å²) in [7, 11) is -4.62. The molecular formula is C36H39O9PS. The number of hydrogen-bond acceptors (Lipinski definition) is 9. The van der Waals surface area contributed by atoms with Crippen molar-refractivity contribution in [1.29, 1.82) is 0 Å². The monoisotopic (exact) mass is 678 g/mol. The summed E-state index contributed by atoms with van der Waals surface area (Å²) >= 11 is 0. The van der Waals surface area contributed by atoms with Gasteiger partial charge in [-0.2, -0.15) is 0 Å². The van der Waals surface area contributed by atoms with Gasteiger partial charge in [-0.05, 0) is 0 Å². The minimum absolute atomic E-state index is 0.00111. The number of ether oxygens (including phenoxy) is 2. The Balaban J connectivity index is 1.76. The zero-order valence-electron chi connectivity index (χ0n) is 25.8. The molecule has 2 unspecified atom stereocenters. The first-order chi connectivity index (χ1) is 22.8. The molecule has 0 spiro atoms. The molecule has 0 aliphatic heterocycles. The number of aliphatic hydroxyl groups excluding tert-OH is 2. The van der Waals surface area contributed by atoms with E-state index in [0.29, 0.717) is 21.2 Å². The van der Waals surface area contributed by atoms with Crippen LogP contribution in [0.5, 0.6) is 0 Å². The number of esters is 2. The molecule has 0 heterocycles. The van der Waals surface area contributed by atoms with Gasteiger partial charge in [0.15, 0.2) is 0 Å². The van der Waals surface area contributed by atoms with Crippen LogP contribution in [0.3, 0.4) is 0 Å². The standard InChI is InChI=1S/C36H39O9PS/c37-21-23-43-35(39)28-25-29(36(40)44-24-22-38)27-34(26-28)47(41,42)45-46(30-13-5-1-6-14-30,31-15-7-2-8-16-31,32-17-9-3-10-18-32)33-19-11-4-12-20-33/h1-20,28-29,34,37-38H,21-27H2. The molecule has 5 rings (SSSR count). The maximum atomic E-state index is 15.1. The third-order valence-corrected chi connectivity index (χ3v) is 17.0. The van der Waals surface area contributed by atoms with E-state index in [4.69, 9.17) is 13.4 Å². The van der Waals surface area contributed by atoms with Gasteiger partial charge in [-0.25, -0.2) is 0 Å². The molecular weight excluding hydrogens is 639 g/mol. The molecule has 11 heteroatoms. The summed E-state index contributed by atoms with van der Waals surface area (Å²) in [6, 6.07) is 37.3. The molecule has 0 saturated heterocycles. The summed E-state index contributed by atoms with van der Waals surface area (Å²) in [5, 5.41) is 19.8. The molecule has 0 radical (unpaired) electrons. The first-order valence-corrected chi connectivity index (χ1v) is 19.1. The predicted molar refractivity (Wildman–Crippen MR) is 182 cm³/mol. The summed E-state index contributed by atoms with van der Waals surface area (Å²) in [4.78, 5) is 26.2. The van der Waals surface area contributed by atoms with Crippen molar-refractivity contribution in [3.8, 4) is 0 Å². The fourth-order valence-corrected chi connectivity index (χ4v) is 15.8. The first-order valence-electron chi connectivity index (χ1n) is 15.5. The SMILES string of the molecule is O=C(OCCO)C1CC(C(=O)OCCO)CC(S(=O)(=O)OP(c2ccccc2)(c2ccccc2)(c2ccccc2)c2ccccc2)C1. The number of benzene rings is 4. The van der Waals surface area contributed by atoms with Gasteiger partial charge in [0.05, 0.1) is 0 Å².